The summed E-state index contributed by atoms with van der Waals surface area (Å²) in [4.78, 5) is 13.2. The Balaban J connectivity index is 1.78. The molecule has 0 saturated carbocycles. The molecule has 0 aliphatic carbocycles. The summed E-state index contributed by atoms with van der Waals surface area (Å²) >= 11 is 6.21. The summed E-state index contributed by atoms with van der Waals surface area (Å²) in [6, 6.07) is 12.9. The van der Waals surface area contributed by atoms with Crippen LogP contribution in [0.3, 0.4) is 0 Å². The summed E-state index contributed by atoms with van der Waals surface area (Å²) in [5.41, 5.74) is 0.805. The van der Waals surface area contributed by atoms with Crippen LogP contribution in [-0.4, -0.2) is 34.5 Å². The van der Waals surface area contributed by atoms with Gasteiger partial charge >= 0.3 is 0 Å². The number of benzene rings is 2. The third kappa shape index (κ3) is 3.85. The molecule has 0 bridgehead atoms. The van der Waals surface area contributed by atoms with Gasteiger partial charge in [-0.25, -0.2) is 9.07 Å². The number of methoxy groups -OCH3 is 2. The number of ether oxygens (including phenoxy) is 2. The van der Waals surface area contributed by atoms with Gasteiger partial charge in [0.1, 0.15) is 28.6 Å². The molecular formula is C22H18ClFN4O3. The summed E-state index contributed by atoms with van der Waals surface area (Å²) in [5.74, 6) is 0.238. The van der Waals surface area contributed by atoms with Crippen molar-refractivity contribution in [3.05, 3.63) is 83.5 Å². The van der Waals surface area contributed by atoms with Crippen molar-refractivity contribution in [1.82, 2.24) is 14.3 Å². The van der Waals surface area contributed by atoms with Gasteiger partial charge < -0.3 is 19.4 Å². The first-order chi connectivity index (χ1) is 15.0. The van der Waals surface area contributed by atoms with Gasteiger partial charge in [-0.2, -0.15) is 5.10 Å². The Kier molecular flexibility index (Phi) is 5.64. The quantitative estimate of drug-likeness (QED) is 0.470. The van der Waals surface area contributed by atoms with E-state index in [4.69, 9.17) is 21.1 Å². The number of halogens is 2. The lowest BCUT2D eigenvalue weighted by molar-refractivity contribution is 0.102. The van der Waals surface area contributed by atoms with E-state index in [9.17, 15) is 9.18 Å². The molecule has 1 amide bonds. The van der Waals surface area contributed by atoms with E-state index in [1.54, 1.807) is 53.4 Å². The maximum Gasteiger partial charge on any atom is 0.261 e. The van der Waals surface area contributed by atoms with Crippen molar-refractivity contribution in [2.24, 2.45) is 0 Å². The highest BCUT2D eigenvalue weighted by molar-refractivity contribution is 6.32. The average molecular weight is 441 g/mol. The minimum absolute atomic E-state index is 0.218. The molecule has 0 unspecified atom stereocenters. The molecule has 0 aliphatic rings. The van der Waals surface area contributed by atoms with Crippen molar-refractivity contribution in [2.45, 2.75) is 0 Å². The normalized spacial score (nSPS) is 10.7. The number of rotatable bonds is 6. The van der Waals surface area contributed by atoms with Crippen LogP contribution >= 0.6 is 11.6 Å². The van der Waals surface area contributed by atoms with Gasteiger partial charge in [-0.15, -0.1) is 0 Å². The van der Waals surface area contributed by atoms with Gasteiger partial charge in [0.05, 0.1) is 31.1 Å². The van der Waals surface area contributed by atoms with Crippen molar-refractivity contribution in [1.29, 1.82) is 0 Å². The van der Waals surface area contributed by atoms with Gasteiger partial charge in [-0.1, -0.05) is 23.7 Å². The maximum absolute atomic E-state index is 14.5. The van der Waals surface area contributed by atoms with E-state index in [-0.39, 0.29) is 11.3 Å². The van der Waals surface area contributed by atoms with Gasteiger partial charge in [-0.3, -0.25) is 4.79 Å². The van der Waals surface area contributed by atoms with Gasteiger partial charge in [0, 0.05) is 18.5 Å². The van der Waals surface area contributed by atoms with E-state index in [2.05, 4.69) is 10.4 Å². The molecule has 1 N–H and O–H groups in total. The number of nitrogens with zero attached hydrogens (tertiary/aromatic N) is 3. The fourth-order valence-electron chi connectivity index (χ4n) is 3.17. The van der Waals surface area contributed by atoms with Gasteiger partial charge in [0.25, 0.3) is 5.91 Å². The predicted molar refractivity (Wildman–Crippen MR) is 115 cm³/mol. The highest BCUT2D eigenvalue weighted by Gasteiger charge is 2.22. The molecule has 7 nitrogen and oxygen atoms in total. The molecule has 9 heteroatoms. The number of hydrogen-bond donors (Lipinski definition) is 1. The number of amides is 1. The molecule has 2 aromatic carbocycles. The van der Waals surface area contributed by atoms with E-state index in [0.29, 0.717) is 28.0 Å². The van der Waals surface area contributed by atoms with Gasteiger partial charge in [-0.05, 0) is 30.3 Å². The molecule has 158 valence electrons. The molecule has 2 aromatic heterocycles. The second kappa shape index (κ2) is 8.53. The van der Waals surface area contributed by atoms with E-state index in [1.165, 1.54) is 37.2 Å². The number of anilines is 1. The number of nitrogens with one attached hydrogen (secondary N) is 1. The van der Waals surface area contributed by atoms with Crippen molar-refractivity contribution in [3.63, 3.8) is 0 Å². The third-order valence-corrected chi connectivity index (χ3v) is 4.94. The van der Waals surface area contributed by atoms with E-state index in [1.807, 2.05) is 0 Å². The van der Waals surface area contributed by atoms with Crippen LogP contribution in [0.4, 0.5) is 10.1 Å². The number of aromatic nitrogens is 3. The van der Waals surface area contributed by atoms with Crippen LogP contribution in [0.5, 0.6) is 11.5 Å². The molecule has 0 spiro atoms. The summed E-state index contributed by atoms with van der Waals surface area (Å²) in [6.07, 6.45) is 4.88. The zero-order valence-electron chi connectivity index (χ0n) is 16.7. The first kappa shape index (κ1) is 20.5. The molecule has 4 aromatic rings. The van der Waals surface area contributed by atoms with Crippen LogP contribution in [0.1, 0.15) is 10.4 Å². The summed E-state index contributed by atoms with van der Waals surface area (Å²) in [5, 5.41) is 7.37. The lowest BCUT2D eigenvalue weighted by Gasteiger charge is -2.14. The van der Waals surface area contributed by atoms with Crippen LogP contribution < -0.4 is 14.8 Å². The molecule has 0 atom stereocenters. The largest absolute Gasteiger partial charge is 0.495 e. The smallest absolute Gasteiger partial charge is 0.261 e. The second-order valence-electron chi connectivity index (χ2n) is 6.48. The fraction of sp³-hybridized carbons (Fsp3) is 0.0909. The molecular weight excluding hydrogens is 423 g/mol. The Bertz CT molecular complexity index is 1240. The third-order valence-electron chi connectivity index (χ3n) is 4.64. The van der Waals surface area contributed by atoms with Crippen LogP contribution in [-0.2, 0) is 0 Å². The maximum atomic E-state index is 14.5. The zero-order chi connectivity index (χ0) is 22.0. The van der Waals surface area contributed by atoms with Crippen LogP contribution in [0.2, 0.25) is 5.02 Å². The Morgan fingerprint density at radius 1 is 1.06 bits per heavy atom. The Labute approximate surface area is 182 Å². The molecule has 0 aliphatic heterocycles. The topological polar surface area (TPSA) is 70.3 Å². The van der Waals surface area contributed by atoms with Crippen molar-refractivity contribution in [2.75, 3.05) is 19.5 Å². The van der Waals surface area contributed by atoms with Crippen molar-refractivity contribution >= 4 is 23.2 Å². The minimum Gasteiger partial charge on any atom is -0.495 e. The first-order valence-electron chi connectivity index (χ1n) is 9.22. The highest BCUT2D eigenvalue weighted by atomic mass is 35.5. The fourth-order valence-corrected chi connectivity index (χ4v) is 3.41. The monoisotopic (exact) mass is 440 g/mol. The van der Waals surface area contributed by atoms with E-state index in [0.717, 1.165) is 0 Å². The standard InChI is InChI=1S/C22H18ClFN4O3/c1-30-19-12-20(31-2)17(11-15(19)23)26-21(29)14-13-25-28(18-8-4-3-7-16(18)24)22(14)27-9-5-6-10-27/h3-13H,1-2H3,(H,26,29). The van der Waals surface area contributed by atoms with Gasteiger partial charge in [0.15, 0.2) is 5.82 Å². The molecule has 31 heavy (non-hydrogen) atoms. The predicted octanol–water partition coefficient (Wildman–Crippen LogP) is 4.73. The molecule has 4 rings (SSSR count). The number of hydrogen-bond acceptors (Lipinski definition) is 4. The summed E-state index contributed by atoms with van der Waals surface area (Å²) in [6.45, 7) is 0. The van der Waals surface area contributed by atoms with Crippen molar-refractivity contribution < 1.29 is 18.7 Å². The Morgan fingerprint density at radius 2 is 1.77 bits per heavy atom. The van der Waals surface area contributed by atoms with Gasteiger partial charge in [0.2, 0.25) is 0 Å². The second-order valence-corrected chi connectivity index (χ2v) is 6.88. The lowest BCUT2D eigenvalue weighted by atomic mass is 10.2. The number of carbonyl (C=O) groups is 1. The van der Waals surface area contributed by atoms with E-state index < -0.39 is 11.7 Å². The SMILES string of the molecule is COc1cc(OC)c(NC(=O)c2cnn(-c3ccccc3F)c2-n2cccc2)cc1Cl. The van der Waals surface area contributed by atoms with E-state index >= 15 is 0 Å². The van der Waals surface area contributed by atoms with Crippen LogP contribution in [0, 0.1) is 5.82 Å². The minimum atomic E-state index is -0.467. The zero-order valence-corrected chi connectivity index (χ0v) is 17.4. The first-order valence-corrected chi connectivity index (χ1v) is 9.60. The molecule has 0 fully saturated rings. The summed E-state index contributed by atoms with van der Waals surface area (Å²) < 4.78 is 28.0. The Morgan fingerprint density at radius 3 is 2.45 bits per heavy atom. The van der Waals surface area contributed by atoms with Crippen LogP contribution in [0.15, 0.2) is 67.1 Å². The highest BCUT2D eigenvalue weighted by Crippen LogP contribution is 2.36. The van der Waals surface area contributed by atoms with Crippen LogP contribution in [0.25, 0.3) is 11.5 Å². The summed E-state index contributed by atoms with van der Waals surface area (Å²) in [7, 11) is 2.96. The molecule has 2 heterocycles. The Hall–Kier alpha value is -3.78. The number of carbonyl (C=O) groups excluding carboxylic acids is 1. The molecule has 0 radical (unpaired) electrons. The average Bonchev–Trinajstić information content (AvgIpc) is 3.44. The van der Waals surface area contributed by atoms with Crippen molar-refractivity contribution in [3.8, 4) is 23.0 Å². The number of para-hydroxylation sites is 1. The lowest BCUT2D eigenvalue weighted by Crippen LogP contribution is -2.16. The molecule has 0 saturated heterocycles.